The van der Waals surface area contributed by atoms with Crippen molar-refractivity contribution in [2.45, 2.75) is 19.5 Å². The average Bonchev–Trinajstić information content (AvgIpc) is 2.82. The fraction of sp³-hybridized carbons (Fsp3) is 0.400. The van der Waals surface area contributed by atoms with Gasteiger partial charge in [-0.2, -0.15) is 13.2 Å². The van der Waals surface area contributed by atoms with E-state index in [0.29, 0.717) is 25.1 Å². The second-order valence-electron chi connectivity index (χ2n) is 5.10. The van der Waals surface area contributed by atoms with Crippen LogP contribution in [0.3, 0.4) is 0 Å². The molecule has 108 valence electrons. The van der Waals surface area contributed by atoms with Crippen molar-refractivity contribution in [1.82, 2.24) is 4.90 Å². The van der Waals surface area contributed by atoms with Crippen molar-refractivity contribution in [2.24, 2.45) is 5.92 Å². The van der Waals surface area contributed by atoms with E-state index in [1.54, 1.807) is 6.07 Å². The van der Waals surface area contributed by atoms with Gasteiger partial charge in [-0.3, -0.25) is 4.79 Å². The number of hydrogen-bond donors (Lipinski definition) is 0. The van der Waals surface area contributed by atoms with Crippen molar-refractivity contribution in [3.05, 3.63) is 42.0 Å². The molecule has 1 fully saturated rings. The molecule has 0 N–H and O–H groups in total. The van der Waals surface area contributed by atoms with Gasteiger partial charge in [-0.1, -0.05) is 37.3 Å². The highest BCUT2D eigenvalue weighted by molar-refractivity contribution is 5.96. The summed E-state index contributed by atoms with van der Waals surface area (Å²) in [5, 5.41) is 0. The lowest BCUT2D eigenvalue weighted by Gasteiger charge is -2.16. The molecule has 1 unspecified atom stereocenters. The van der Waals surface area contributed by atoms with E-state index in [1.807, 2.05) is 6.92 Å². The number of likely N-dealkylation sites (tertiary alicyclic amines) is 1. The highest BCUT2D eigenvalue weighted by Gasteiger charge is 2.36. The number of nitrogens with zero attached hydrogens (tertiary/aromatic N) is 1. The van der Waals surface area contributed by atoms with Crippen LogP contribution >= 0.6 is 0 Å². The molecule has 0 bridgehead atoms. The Labute approximate surface area is 115 Å². The van der Waals surface area contributed by atoms with Crippen molar-refractivity contribution in [3.63, 3.8) is 0 Å². The summed E-state index contributed by atoms with van der Waals surface area (Å²) in [6.07, 6.45) is -2.98. The minimum Gasteiger partial charge on any atom is -0.339 e. The highest BCUT2D eigenvalue weighted by Crippen LogP contribution is 2.34. The Morgan fingerprint density at radius 3 is 2.45 bits per heavy atom. The molecular weight excluding hydrogens is 267 g/mol. The standard InChI is InChI=1S/C15H16F3NO/c1-11-7-8-19(10-11)14(20)9-13(15(16,17)18)12-5-3-2-4-6-12/h2-6,9,11H,7-8,10H2,1H3/b13-9-. The summed E-state index contributed by atoms with van der Waals surface area (Å²) in [4.78, 5) is 13.4. The first-order valence-corrected chi connectivity index (χ1v) is 6.51. The number of amides is 1. The average molecular weight is 283 g/mol. The van der Waals surface area contributed by atoms with Crippen LogP contribution < -0.4 is 0 Å². The molecule has 1 aromatic rings. The number of carbonyl (C=O) groups is 1. The Hall–Kier alpha value is -1.78. The monoisotopic (exact) mass is 283 g/mol. The van der Waals surface area contributed by atoms with Crippen LogP contribution in [0, 0.1) is 5.92 Å². The van der Waals surface area contributed by atoms with Crippen LogP contribution in [-0.2, 0) is 4.79 Å². The van der Waals surface area contributed by atoms with Crippen LogP contribution in [0.25, 0.3) is 5.57 Å². The molecule has 1 atom stereocenters. The van der Waals surface area contributed by atoms with Crippen molar-refractivity contribution < 1.29 is 18.0 Å². The SMILES string of the molecule is CC1CCN(C(=O)/C=C(/c2ccccc2)C(F)(F)F)C1. The van der Waals surface area contributed by atoms with Crippen molar-refractivity contribution in [1.29, 1.82) is 0 Å². The van der Waals surface area contributed by atoms with Crippen LogP contribution in [0.1, 0.15) is 18.9 Å². The summed E-state index contributed by atoms with van der Waals surface area (Å²) < 4.78 is 39.3. The quantitative estimate of drug-likeness (QED) is 0.761. The van der Waals surface area contributed by atoms with Crippen LogP contribution in [0.5, 0.6) is 0 Å². The minimum absolute atomic E-state index is 0.0144. The third-order valence-electron chi connectivity index (χ3n) is 3.39. The molecule has 0 aromatic heterocycles. The van der Waals surface area contributed by atoms with E-state index in [1.165, 1.54) is 29.2 Å². The number of hydrogen-bond acceptors (Lipinski definition) is 1. The van der Waals surface area contributed by atoms with Crippen LogP contribution in [0.4, 0.5) is 13.2 Å². The first-order valence-electron chi connectivity index (χ1n) is 6.51. The Morgan fingerprint density at radius 1 is 1.30 bits per heavy atom. The molecule has 5 heteroatoms. The molecule has 0 radical (unpaired) electrons. The van der Waals surface area contributed by atoms with Gasteiger partial charge in [0.2, 0.25) is 5.91 Å². The van der Waals surface area contributed by atoms with Gasteiger partial charge in [-0.25, -0.2) is 0 Å². The molecule has 0 aliphatic carbocycles. The van der Waals surface area contributed by atoms with Gasteiger partial charge in [0.05, 0.1) is 5.57 Å². The zero-order valence-corrected chi connectivity index (χ0v) is 11.2. The van der Waals surface area contributed by atoms with Gasteiger partial charge in [0.1, 0.15) is 0 Å². The predicted molar refractivity (Wildman–Crippen MR) is 70.8 cm³/mol. The molecule has 0 saturated carbocycles. The number of halogens is 3. The van der Waals surface area contributed by atoms with E-state index in [2.05, 4.69) is 0 Å². The Bertz CT molecular complexity index is 508. The van der Waals surface area contributed by atoms with Gasteiger partial charge in [-0.05, 0) is 17.9 Å². The summed E-state index contributed by atoms with van der Waals surface area (Å²) >= 11 is 0. The van der Waals surface area contributed by atoms with E-state index in [9.17, 15) is 18.0 Å². The van der Waals surface area contributed by atoms with Crippen LogP contribution in [0.2, 0.25) is 0 Å². The van der Waals surface area contributed by atoms with Gasteiger partial charge in [0.25, 0.3) is 0 Å². The molecule has 2 rings (SSSR count). The maximum Gasteiger partial charge on any atom is 0.417 e. The molecular formula is C15H16F3NO. The summed E-state index contributed by atoms with van der Waals surface area (Å²) in [7, 11) is 0. The first kappa shape index (κ1) is 14.6. The Balaban J connectivity index is 2.28. The molecule has 20 heavy (non-hydrogen) atoms. The summed E-state index contributed by atoms with van der Waals surface area (Å²) in [6, 6.07) is 7.41. The fourth-order valence-electron chi connectivity index (χ4n) is 2.30. The lowest BCUT2D eigenvalue weighted by atomic mass is 10.0. The number of carbonyl (C=O) groups excluding carboxylic acids is 1. The topological polar surface area (TPSA) is 20.3 Å². The largest absolute Gasteiger partial charge is 0.417 e. The van der Waals surface area contributed by atoms with Crippen molar-refractivity contribution in [3.8, 4) is 0 Å². The van der Waals surface area contributed by atoms with Crippen molar-refractivity contribution >= 4 is 11.5 Å². The number of rotatable bonds is 2. The Morgan fingerprint density at radius 2 is 1.95 bits per heavy atom. The number of benzene rings is 1. The molecule has 0 spiro atoms. The van der Waals surface area contributed by atoms with Crippen molar-refractivity contribution in [2.75, 3.05) is 13.1 Å². The molecule has 1 aliphatic rings. The second kappa shape index (κ2) is 5.69. The summed E-state index contributed by atoms with van der Waals surface area (Å²) in [5.41, 5.74) is -0.872. The third-order valence-corrected chi connectivity index (χ3v) is 3.39. The molecule has 1 amide bonds. The van der Waals surface area contributed by atoms with Crippen LogP contribution in [0.15, 0.2) is 36.4 Å². The highest BCUT2D eigenvalue weighted by atomic mass is 19.4. The number of alkyl halides is 3. The molecule has 1 aromatic carbocycles. The maximum absolute atomic E-state index is 13.1. The van der Waals surface area contributed by atoms with Gasteiger partial charge in [-0.15, -0.1) is 0 Å². The lowest BCUT2D eigenvalue weighted by molar-refractivity contribution is -0.125. The smallest absolute Gasteiger partial charge is 0.339 e. The zero-order chi connectivity index (χ0) is 14.8. The minimum atomic E-state index is -4.54. The fourth-order valence-corrected chi connectivity index (χ4v) is 2.30. The lowest BCUT2D eigenvalue weighted by Crippen LogP contribution is -2.28. The van der Waals surface area contributed by atoms with Crippen LogP contribution in [-0.4, -0.2) is 30.1 Å². The van der Waals surface area contributed by atoms with Gasteiger partial charge >= 0.3 is 6.18 Å². The van der Waals surface area contributed by atoms with Gasteiger partial charge in [0.15, 0.2) is 0 Å². The molecule has 1 saturated heterocycles. The van der Waals surface area contributed by atoms with Gasteiger partial charge in [0, 0.05) is 19.2 Å². The second-order valence-corrected chi connectivity index (χ2v) is 5.10. The summed E-state index contributed by atoms with van der Waals surface area (Å²) in [6.45, 7) is 3.03. The molecule has 1 heterocycles. The third kappa shape index (κ3) is 3.40. The first-order chi connectivity index (χ1) is 9.38. The molecule has 2 nitrogen and oxygen atoms in total. The normalized spacial score (nSPS) is 20.3. The molecule has 1 aliphatic heterocycles. The summed E-state index contributed by atoms with van der Waals surface area (Å²) in [5.74, 6) is -0.219. The van der Waals surface area contributed by atoms with E-state index >= 15 is 0 Å². The predicted octanol–water partition coefficient (Wildman–Crippen LogP) is 3.50. The Kier molecular flexibility index (Phi) is 4.16. The van der Waals surface area contributed by atoms with E-state index in [0.717, 1.165) is 6.42 Å². The van der Waals surface area contributed by atoms with E-state index in [4.69, 9.17) is 0 Å². The van der Waals surface area contributed by atoms with E-state index < -0.39 is 17.7 Å². The number of allylic oxidation sites excluding steroid dienone is 1. The van der Waals surface area contributed by atoms with E-state index in [-0.39, 0.29) is 5.56 Å². The van der Waals surface area contributed by atoms with Gasteiger partial charge < -0.3 is 4.90 Å². The maximum atomic E-state index is 13.1. The zero-order valence-electron chi connectivity index (χ0n) is 11.2.